The maximum absolute atomic E-state index is 14.4. The van der Waals surface area contributed by atoms with Crippen LogP contribution in [0.5, 0.6) is 23.0 Å². The zero-order valence-corrected chi connectivity index (χ0v) is 34.9. The van der Waals surface area contributed by atoms with Gasteiger partial charge in [-0.2, -0.15) is 0 Å². The highest BCUT2D eigenvalue weighted by Crippen LogP contribution is 2.55. The molecule has 14 nitrogen and oxygen atoms in total. The molecule has 0 radical (unpaired) electrons. The average Bonchev–Trinajstić information content (AvgIpc) is 3.46. The van der Waals surface area contributed by atoms with Gasteiger partial charge in [0.25, 0.3) is 11.7 Å². The van der Waals surface area contributed by atoms with Crippen LogP contribution < -0.4 is 10.1 Å². The van der Waals surface area contributed by atoms with Gasteiger partial charge in [0.05, 0.1) is 52.5 Å². The molecule has 0 spiro atoms. The van der Waals surface area contributed by atoms with Crippen molar-refractivity contribution in [3.63, 3.8) is 0 Å². The number of methoxy groups -OCH3 is 1. The third kappa shape index (κ3) is 8.56. The number of aryl methyl sites for hydroxylation is 1. The molecular weight excluding hydrogens is 760 g/mol. The molecule has 0 saturated carbocycles. The number of anilines is 1. The molecule has 1 amide bonds. The van der Waals surface area contributed by atoms with Crippen molar-refractivity contribution in [2.45, 2.75) is 92.5 Å². The molecule has 0 fully saturated rings. The number of carbonyl (C=O) groups is 3. The number of rotatable bonds is 4. The Kier molecular flexibility index (Phi) is 13.3. The molecule has 9 unspecified atom stereocenters. The van der Waals surface area contributed by atoms with E-state index in [9.17, 15) is 39.9 Å². The number of benzene rings is 3. The van der Waals surface area contributed by atoms with E-state index in [-0.39, 0.29) is 44.5 Å². The standard InChI is InChI=1S/C45H54N2O12/c1-21-14-11-12-17-30(21)46-20-29-35-40(53)33-32(39(29)52)34-42(27(7)38(33)51)59-45(9,43(34)54)57-19-18-31(56-10)24(4)41(58-28(8)48)26(6)37(50)25(5)36(49)22(2)15-13-16-23(3)44(55)47-35/h11-20,22,24-26,31,36-37,41,49-53H,1-10H3,(H,47,55)/b15-13-,19-18-,23-16-,46-20?. The lowest BCUT2D eigenvalue weighted by atomic mass is 9.78. The van der Waals surface area contributed by atoms with E-state index < -0.39 is 88.8 Å². The number of fused-ring (bicyclic) bond motifs is 14. The summed E-state index contributed by atoms with van der Waals surface area (Å²) >= 11 is 0. The number of amides is 1. The highest BCUT2D eigenvalue weighted by atomic mass is 16.7. The zero-order chi connectivity index (χ0) is 43.7. The second-order valence-corrected chi connectivity index (χ2v) is 15.7. The smallest absolute Gasteiger partial charge is 0.312 e. The summed E-state index contributed by atoms with van der Waals surface area (Å²) in [6.45, 7) is 14.3. The number of allylic oxidation sites excluding steroid dienone is 2. The molecular formula is C45H54N2O12. The van der Waals surface area contributed by atoms with Crippen LogP contribution in [0.3, 0.4) is 0 Å². The van der Waals surface area contributed by atoms with Gasteiger partial charge in [0.15, 0.2) is 5.75 Å². The number of hydrogen-bond donors (Lipinski definition) is 6. The molecule has 3 aliphatic heterocycles. The van der Waals surface area contributed by atoms with Crippen molar-refractivity contribution in [2.75, 3.05) is 12.4 Å². The van der Waals surface area contributed by atoms with E-state index in [1.54, 1.807) is 52.0 Å². The molecule has 14 heteroatoms. The van der Waals surface area contributed by atoms with Gasteiger partial charge in [0.1, 0.15) is 23.4 Å². The number of esters is 1. The van der Waals surface area contributed by atoms with Crippen molar-refractivity contribution < 1.29 is 58.9 Å². The van der Waals surface area contributed by atoms with Crippen LogP contribution in [0.2, 0.25) is 0 Å². The van der Waals surface area contributed by atoms with Crippen LogP contribution >= 0.6 is 0 Å². The number of aliphatic imine (C=N–C) groups is 1. The van der Waals surface area contributed by atoms with Crippen molar-refractivity contribution >= 4 is 46.0 Å². The average molecular weight is 815 g/mol. The lowest BCUT2D eigenvalue weighted by molar-refractivity contribution is -0.160. The summed E-state index contributed by atoms with van der Waals surface area (Å²) in [7, 11) is 1.43. The fourth-order valence-corrected chi connectivity index (χ4v) is 7.71. The number of Topliss-reactive ketones (excluding diaryl/α,β-unsaturated/α-hetero) is 1. The minimum atomic E-state index is -2.06. The number of phenols is 3. The Hall–Kier alpha value is -5.70. The molecule has 3 aromatic rings. The number of aliphatic hydroxyl groups excluding tert-OH is 2. The van der Waals surface area contributed by atoms with Gasteiger partial charge >= 0.3 is 11.8 Å². The Morgan fingerprint density at radius 3 is 2.24 bits per heavy atom. The maximum Gasteiger partial charge on any atom is 0.312 e. The first-order valence-electron chi connectivity index (χ1n) is 19.4. The van der Waals surface area contributed by atoms with Crippen molar-refractivity contribution in [3.05, 3.63) is 82.7 Å². The second-order valence-electron chi connectivity index (χ2n) is 15.7. The zero-order valence-electron chi connectivity index (χ0n) is 34.9. The van der Waals surface area contributed by atoms with Gasteiger partial charge in [-0.1, -0.05) is 64.1 Å². The van der Waals surface area contributed by atoms with E-state index in [0.717, 1.165) is 5.56 Å². The van der Waals surface area contributed by atoms with Crippen LogP contribution in [-0.2, 0) is 23.8 Å². The Morgan fingerprint density at radius 2 is 1.59 bits per heavy atom. The number of nitrogens with one attached hydrogen (secondary N) is 1. The van der Waals surface area contributed by atoms with Gasteiger partial charge in [-0.3, -0.25) is 19.4 Å². The molecule has 3 aromatic carbocycles. The van der Waals surface area contributed by atoms with Gasteiger partial charge in [-0.25, -0.2) is 0 Å². The number of nitrogens with zero attached hydrogens (tertiary/aromatic N) is 1. The number of para-hydroxylation sites is 1. The first kappa shape index (κ1) is 44.4. The molecule has 0 aliphatic carbocycles. The maximum atomic E-state index is 14.4. The Balaban J connectivity index is 1.74. The molecule has 3 heterocycles. The molecule has 59 heavy (non-hydrogen) atoms. The van der Waals surface area contributed by atoms with Crippen LogP contribution in [0.15, 0.2) is 65.4 Å². The number of aliphatic hydroxyl groups is 2. The highest BCUT2D eigenvalue weighted by molar-refractivity contribution is 6.24. The number of phenolic OH excluding ortho intramolecular Hbond substituents is 3. The molecule has 316 valence electrons. The molecule has 6 N–H and O–H groups in total. The van der Waals surface area contributed by atoms with Gasteiger partial charge in [0, 0.05) is 67.4 Å². The van der Waals surface area contributed by atoms with Crippen LogP contribution in [-0.4, -0.2) is 86.7 Å². The summed E-state index contributed by atoms with van der Waals surface area (Å²) in [5.41, 5.74) is 0.849. The Bertz CT molecular complexity index is 2260. The van der Waals surface area contributed by atoms with Crippen LogP contribution in [0.25, 0.3) is 10.8 Å². The van der Waals surface area contributed by atoms with E-state index >= 15 is 0 Å². The topological polar surface area (TPSA) is 214 Å². The van der Waals surface area contributed by atoms with E-state index in [4.69, 9.17) is 18.9 Å². The summed E-state index contributed by atoms with van der Waals surface area (Å²) in [5.74, 6) is -8.49. The molecule has 9 atom stereocenters. The SMILES string of the molecule is COC1/C=C\OC2(C)Oc3c(C)c(O)c4c(O)c(c(C=Nc5ccccc5C)c(O)c4c3C2=O)NC(=O)/C(C)=C\C=C/C(C)C(O)C(C)C(O)C(C)C(OC(C)=O)C1C. The summed E-state index contributed by atoms with van der Waals surface area (Å²) in [4.78, 5) is 45.0. The van der Waals surface area contributed by atoms with Gasteiger partial charge < -0.3 is 49.8 Å². The summed E-state index contributed by atoms with van der Waals surface area (Å²) in [5, 5.41) is 60.5. The van der Waals surface area contributed by atoms with Crippen LogP contribution in [0, 0.1) is 37.5 Å². The minimum absolute atomic E-state index is 0.0443. The van der Waals surface area contributed by atoms with E-state index in [2.05, 4.69) is 10.3 Å². The van der Waals surface area contributed by atoms with Gasteiger partial charge in [-0.05, 0) is 38.5 Å². The fourth-order valence-electron chi connectivity index (χ4n) is 7.71. The van der Waals surface area contributed by atoms with Crippen LogP contribution in [0.1, 0.15) is 75.5 Å². The number of carbonyl (C=O) groups excluding carboxylic acids is 3. The molecule has 5 bridgehead atoms. The molecule has 3 aliphatic rings. The first-order chi connectivity index (χ1) is 27.7. The lowest BCUT2D eigenvalue weighted by Crippen LogP contribution is -2.46. The fraction of sp³-hybridized carbons (Fsp3) is 0.422. The summed E-state index contributed by atoms with van der Waals surface area (Å²) in [6, 6.07) is 7.16. The van der Waals surface area contributed by atoms with E-state index in [1.165, 1.54) is 59.4 Å². The van der Waals surface area contributed by atoms with E-state index in [1.807, 2.05) is 19.1 Å². The Labute approximate surface area is 343 Å². The number of aromatic hydroxyl groups is 3. The number of hydrogen-bond acceptors (Lipinski definition) is 13. The van der Waals surface area contributed by atoms with Gasteiger partial charge in [0.2, 0.25) is 0 Å². The minimum Gasteiger partial charge on any atom is -0.507 e. The number of ketones is 1. The third-order valence-electron chi connectivity index (χ3n) is 11.5. The Morgan fingerprint density at radius 1 is 0.915 bits per heavy atom. The van der Waals surface area contributed by atoms with Crippen LogP contribution in [0.4, 0.5) is 11.4 Å². The lowest BCUT2D eigenvalue weighted by Gasteiger charge is -2.38. The molecule has 0 saturated heterocycles. The molecule has 0 aromatic heterocycles. The van der Waals surface area contributed by atoms with Crippen molar-refractivity contribution in [1.82, 2.24) is 0 Å². The first-order valence-corrected chi connectivity index (χ1v) is 19.4. The van der Waals surface area contributed by atoms with E-state index in [0.29, 0.717) is 5.69 Å². The summed E-state index contributed by atoms with van der Waals surface area (Å²) < 4.78 is 23.6. The normalized spacial score (nSPS) is 30.1. The van der Waals surface area contributed by atoms with Gasteiger partial charge in [-0.15, -0.1) is 0 Å². The predicted octanol–water partition coefficient (Wildman–Crippen LogP) is 6.81. The summed E-state index contributed by atoms with van der Waals surface area (Å²) in [6.07, 6.45) is 4.75. The third-order valence-corrected chi connectivity index (χ3v) is 11.5. The quantitative estimate of drug-likeness (QED) is 0.0694. The second kappa shape index (κ2) is 17.7. The molecule has 6 rings (SSSR count). The highest BCUT2D eigenvalue weighted by Gasteiger charge is 2.50. The largest absolute Gasteiger partial charge is 0.507 e. The van der Waals surface area contributed by atoms with Crippen molar-refractivity contribution in [3.8, 4) is 23.0 Å². The number of ether oxygens (including phenoxy) is 4. The predicted molar refractivity (Wildman–Crippen MR) is 222 cm³/mol. The van der Waals surface area contributed by atoms with Crippen molar-refractivity contribution in [2.24, 2.45) is 28.7 Å². The monoisotopic (exact) mass is 814 g/mol. The van der Waals surface area contributed by atoms with Crippen molar-refractivity contribution in [1.29, 1.82) is 0 Å².